The third-order valence-electron chi connectivity index (χ3n) is 5.56. The highest BCUT2D eigenvalue weighted by atomic mass is 16.5. The second kappa shape index (κ2) is 6.16. The average molecular weight is 375 g/mol. The number of carbonyl (C=O) groups excluding carboxylic acids is 1. The lowest BCUT2D eigenvalue weighted by Crippen LogP contribution is -2.39. The SMILES string of the molecule is COc1cc(CN2C[C@@]34C=C[C@@H](O3)[C@H](C(=O)O)[C@@H]4C2=O)cc(OC)c1OC. The molecule has 1 aromatic carbocycles. The monoisotopic (exact) mass is 375 g/mol. The van der Waals surface area contributed by atoms with E-state index in [1.807, 2.05) is 6.08 Å². The van der Waals surface area contributed by atoms with E-state index in [0.29, 0.717) is 30.3 Å². The van der Waals surface area contributed by atoms with Gasteiger partial charge in [0, 0.05) is 6.54 Å². The van der Waals surface area contributed by atoms with Crippen LogP contribution in [0, 0.1) is 11.8 Å². The molecule has 0 radical (unpaired) electrons. The molecule has 0 unspecified atom stereocenters. The van der Waals surface area contributed by atoms with Crippen LogP contribution in [0.5, 0.6) is 17.2 Å². The van der Waals surface area contributed by atoms with Crippen molar-refractivity contribution in [3.05, 3.63) is 29.8 Å². The zero-order chi connectivity index (χ0) is 19.3. The highest BCUT2D eigenvalue weighted by molar-refractivity contribution is 5.90. The molecule has 1 N–H and O–H groups in total. The van der Waals surface area contributed by atoms with Crippen molar-refractivity contribution in [2.45, 2.75) is 18.2 Å². The molecule has 1 spiro atoms. The zero-order valence-corrected chi connectivity index (χ0v) is 15.3. The summed E-state index contributed by atoms with van der Waals surface area (Å²) in [5, 5.41) is 9.54. The van der Waals surface area contributed by atoms with Crippen molar-refractivity contribution in [2.24, 2.45) is 11.8 Å². The van der Waals surface area contributed by atoms with Crippen molar-refractivity contribution < 1.29 is 33.6 Å². The van der Waals surface area contributed by atoms with Gasteiger partial charge in [-0.2, -0.15) is 0 Å². The van der Waals surface area contributed by atoms with Crippen molar-refractivity contribution in [3.63, 3.8) is 0 Å². The number of carboxylic acid groups (broad SMARTS) is 1. The largest absolute Gasteiger partial charge is 0.493 e. The Balaban J connectivity index is 1.63. The van der Waals surface area contributed by atoms with Crippen LogP contribution in [0.15, 0.2) is 24.3 Å². The van der Waals surface area contributed by atoms with Crippen LogP contribution in [0.4, 0.5) is 0 Å². The molecule has 27 heavy (non-hydrogen) atoms. The van der Waals surface area contributed by atoms with Crippen molar-refractivity contribution in [1.82, 2.24) is 4.90 Å². The molecule has 1 amide bonds. The summed E-state index contributed by atoms with van der Waals surface area (Å²) in [5.74, 6) is -1.26. The molecule has 4 atom stereocenters. The van der Waals surface area contributed by atoms with Gasteiger partial charge in [-0.25, -0.2) is 0 Å². The number of hydrogen-bond donors (Lipinski definition) is 1. The minimum Gasteiger partial charge on any atom is -0.493 e. The third-order valence-corrected chi connectivity index (χ3v) is 5.56. The molecule has 1 aromatic rings. The maximum atomic E-state index is 13.0. The number of hydrogen-bond acceptors (Lipinski definition) is 6. The first-order valence-electron chi connectivity index (χ1n) is 8.61. The van der Waals surface area contributed by atoms with Gasteiger partial charge in [-0.05, 0) is 17.7 Å². The van der Waals surface area contributed by atoms with Crippen LogP contribution in [0.25, 0.3) is 0 Å². The summed E-state index contributed by atoms with van der Waals surface area (Å²) in [7, 11) is 4.58. The van der Waals surface area contributed by atoms with E-state index in [0.717, 1.165) is 5.56 Å². The maximum absolute atomic E-state index is 13.0. The number of methoxy groups -OCH3 is 3. The van der Waals surface area contributed by atoms with Crippen LogP contribution in [0.3, 0.4) is 0 Å². The Morgan fingerprint density at radius 3 is 2.48 bits per heavy atom. The van der Waals surface area contributed by atoms with Crippen LogP contribution in [-0.2, 0) is 20.9 Å². The van der Waals surface area contributed by atoms with Gasteiger partial charge in [-0.15, -0.1) is 0 Å². The van der Waals surface area contributed by atoms with Gasteiger partial charge in [0.25, 0.3) is 0 Å². The number of benzene rings is 1. The molecular formula is C19H21NO7. The summed E-state index contributed by atoms with van der Waals surface area (Å²) in [4.78, 5) is 26.3. The van der Waals surface area contributed by atoms with E-state index < -0.39 is 29.5 Å². The van der Waals surface area contributed by atoms with Gasteiger partial charge in [0.05, 0.1) is 39.9 Å². The van der Waals surface area contributed by atoms with Gasteiger partial charge < -0.3 is 29.0 Å². The molecule has 3 aliphatic heterocycles. The topological polar surface area (TPSA) is 94.5 Å². The summed E-state index contributed by atoms with van der Waals surface area (Å²) in [6.07, 6.45) is 3.07. The molecule has 0 saturated carbocycles. The lowest BCUT2D eigenvalue weighted by atomic mass is 9.77. The number of carbonyl (C=O) groups is 2. The Bertz CT molecular complexity index is 810. The maximum Gasteiger partial charge on any atom is 0.310 e. The average Bonchev–Trinajstić information content (AvgIpc) is 3.29. The van der Waals surface area contributed by atoms with Crippen molar-refractivity contribution in [2.75, 3.05) is 27.9 Å². The normalized spacial score (nSPS) is 30.6. The quantitative estimate of drug-likeness (QED) is 0.744. The second-order valence-electron chi connectivity index (χ2n) is 6.97. The van der Waals surface area contributed by atoms with Crippen LogP contribution in [0.2, 0.25) is 0 Å². The van der Waals surface area contributed by atoms with Crippen LogP contribution in [0.1, 0.15) is 5.56 Å². The molecule has 0 aliphatic carbocycles. The minimum atomic E-state index is -1.00. The summed E-state index contributed by atoms with van der Waals surface area (Å²) in [6, 6.07) is 3.56. The number of ether oxygens (including phenoxy) is 4. The second-order valence-corrected chi connectivity index (χ2v) is 6.97. The number of rotatable bonds is 6. The Morgan fingerprint density at radius 1 is 1.26 bits per heavy atom. The Morgan fingerprint density at radius 2 is 1.93 bits per heavy atom. The Hall–Kier alpha value is -2.74. The Labute approximate surface area is 156 Å². The molecule has 2 saturated heterocycles. The molecule has 3 aliphatic rings. The van der Waals surface area contributed by atoms with Gasteiger partial charge >= 0.3 is 5.97 Å². The summed E-state index contributed by atoms with van der Waals surface area (Å²) >= 11 is 0. The zero-order valence-electron chi connectivity index (χ0n) is 15.3. The van der Waals surface area contributed by atoms with E-state index >= 15 is 0 Å². The van der Waals surface area contributed by atoms with Crippen LogP contribution in [-0.4, -0.2) is 61.5 Å². The van der Waals surface area contributed by atoms with Crippen molar-refractivity contribution in [1.29, 1.82) is 0 Å². The highest BCUT2D eigenvalue weighted by Crippen LogP contribution is 2.52. The van der Waals surface area contributed by atoms with Crippen molar-refractivity contribution in [3.8, 4) is 17.2 Å². The fourth-order valence-electron chi connectivity index (χ4n) is 4.44. The molecule has 8 heteroatoms. The number of aliphatic carboxylic acids is 1. The lowest BCUT2D eigenvalue weighted by Gasteiger charge is -2.22. The fraction of sp³-hybridized carbons (Fsp3) is 0.474. The minimum absolute atomic E-state index is 0.206. The van der Waals surface area contributed by atoms with Gasteiger partial charge in [0.2, 0.25) is 11.7 Å². The predicted octanol–water partition coefficient (Wildman–Crippen LogP) is 1.08. The first kappa shape index (κ1) is 17.7. The molecule has 8 nitrogen and oxygen atoms in total. The Kier molecular flexibility index (Phi) is 4.03. The number of nitrogens with zero attached hydrogens (tertiary/aromatic N) is 1. The van der Waals surface area contributed by atoms with E-state index in [1.165, 1.54) is 21.3 Å². The molecule has 3 heterocycles. The smallest absolute Gasteiger partial charge is 0.310 e. The van der Waals surface area contributed by atoms with Gasteiger partial charge in [0.15, 0.2) is 11.5 Å². The van der Waals surface area contributed by atoms with Gasteiger partial charge in [-0.1, -0.05) is 12.2 Å². The number of amides is 1. The molecule has 2 fully saturated rings. The first-order valence-corrected chi connectivity index (χ1v) is 8.61. The van der Waals surface area contributed by atoms with Crippen LogP contribution < -0.4 is 14.2 Å². The molecule has 4 rings (SSSR count). The van der Waals surface area contributed by atoms with E-state index in [4.69, 9.17) is 18.9 Å². The number of carboxylic acids is 1. The highest BCUT2D eigenvalue weighted by Gasteiger charge is 2.66. The standard InChI is InChI=1S/C19H21NO7/c1-24-12-6-10(7-13(25-2)16(12)26-3)8-20-9-19-5-4-11(27-19)14(18(22)23)15(19)17(20)21/h4-7,11,14-15H,8-9H2,1-3H3,(H,22,23)/t11-,14+,15-,19-/m1/s1. The number of fused-ring (bicyclic) bond motifs is 1. The summed E-state index contributed by atoms with van der Waals surface area (Å²) < 4.78 is 21.9. The first-order chi connectivity index (χ1) is 12.9. The van der Waals surface area contributed by atoms with E-state index in [-0.39, 0.29) is 5.91 Å². The van der Waals surface area contributed by atoms with E-state index in [9.17, 15) is 14.7 Å². The molecule has 2 bridgehead atoms. The molecular weight excluding hydrogens is 354 g/mol. The summed E-state index contributed by atoms with van der Waals surface area (Å²) in [6.45, 7) is 0.617. The molecule has 0 aromatic heterocycles. The fourth-order valence-corrected chi connectivity index (χ4v) is 4.44. The van der Waals surface area contributed by atoms with E-state index in [1.54, 1.807) is 23.1 Å². The third kappa shape index (κ3) is 2.47. The van der Waals surface area contributed by atoms with Gasteiger partial charge in [0.1, 0.15) is 11.5 Å². The molecule has 144 valence electrons. The van der Waals surface area contributed by atoms with Crippen molar-refractivity contribution >= 4 is 11.9 Å². The van der Waals surface area contributed by atoms with Crippen LogP contribution >= 0.6 is 0 Å². The lowest BCUT2D eigenvalue weighted by molar-refractivity contribution is -0.148. The predicted molar refractivity (Wildman–Crippen MR) is 92.9 cm³/mol. The van der Waals surface area contributed by atoms with E-state index in [2.05, 4.69) is 0 Å². The van der Waals surface area contributed by atoms with Gasteiger partial charge in [-0.3, -0.25) is 9.59 Å². The number of likely N-dealkylation sites (tertiary alicyclic amines) is 1. The summed E-state index contributed by atoms with van der Waals surface area (Å²) in [5.41, 5.74) is -0.0505.